The fourth-order valence-corrected chi connectivity index (χ4v) is 3.60. The van der Waals surface area contributed by atoms with Crippen LogP contribution in [0.15, 0.2) is 23.2 Å². The second-order valence-electron chi connectivity index (χ2n) is 5.55. The lowest BCUT2D eigenvalue weighted by Crippen LogP contribution is -2.40. The van der Waals surface area contributed by atoms with Gasteiger partial charge in [-0.05, 0) is 25.5 Å². The fraction of sp³-hybridized carbons (Fsp3) is 0.600. The molecule has 0 radical (unpaired) electrons. The van der Waals surface area contributed by atoms with Gasteiger partial charge in [0.05, 0.1) is 13.2 Å². The van der Waals surface area contributed by atoms with Crippen LogP contribution in [0.3, 0.4) is 0 Å². The highest BCUT2D eigenvalue weighted by Crippen LogP contribution is 2.17. The Hall–Kier alpha value is -1.71. The van der Waals surface area contributed by atoms with Gasteiger partial charge in [-0.1, -0.05) is 6.92 Å². The molecule has 2 N–H and O–H groups in total. The minimum absolute atomic E-state index is 0.122. The van der Waals surface area contributed by atoms with Gasteiger partial charge in [-0.3, -0.25) is 4.79 Å². The molecule has 1 aromatic rings. The summed E-state index contributed by atoms with van der Waals surface area (Å²) in [5, 5.41) is 5.74. The van der Waals surface area contributed by atoms with E-state index in [0.717, 1.165) is 6.42 Å². The van der Waals surface area contributed by atoms with Gasteiger partial charge in [0.15, 0.2) is 0 Å². The molecule has 134 valence electrons. The number of hydrogen-bond acceptors (Lipinski definition) is 6. The lowest BCUT2D eigenvalue weighted by molar-refractivity contribution is -0.121. The molecule has 2 heterocycles. The van der Waals surface area contributed by atoms with Crippen LogP contribution < -0.4 is 10.6 Å². The number of morpholine rings is 1. The van der Waals surface area contributed by atoms with E-state index in [0.29, 0.717) is 38.7 Å². The van der Waals surface area contributed by atoms with Gasteiger partial charge in [-0.25, -0.2) is 13.4 Å². The topological polar surface area (TPSA) is 101 Å². The number of aromatic nitrogens is 1. The first kappa shape index (κ1) is 18.6. The number of carbonyl (C=O) groups excluding carboxylic acids is 1. The second kappa shape index (κ2) is 8.41. The fourth-order valence-electron chi connectivity index (χ4n) is 2.24. The third-order valence-electron chi connectivity index (χ3n) is 3.65. The maximum absolute atomic E-state index is 12.5. The number of nitrogens with zero attached hydrogens (tertiary/aromatic N) is 2. The molecule has 1 aliphatic rings. The van der Waals surface area contributed by atoms with Crippen LogP contribution in [0.5, 0.6) is 0 Å². The number of pyridine rings is 1. The Balaban J connectivity index is 2.01. The smallest absolute Gasteiger partial charge is 0.244 e. The number of sulfonamides is 1. The average molecular weight is 356 g/mol. The van der Waals surface area contributed by atoms with Crippen molar-refractivity contribution in [2.24, 2.45) is 0 Å². The zero-order valence-corrected chi connectivity index (χ0v) is 14.8. The van der Waals surface area contributed by atoms with Gasteiger partial charge in [0.2, 0.25) is 15.9 Å². The molecule has 0 aliphatic carbocycles. The van der Waals surface area contributed by atoms with E-state index >= 15 is 0 Å². The van der Waals surface area contributed by atoms with Gasteiger partial charge in [-0.15, -0.1) is 0 Å². The molecule has 2 rings (SSSR count). The second-order valence-corrected chi connectivity index (χ2v) is 7.49. The van der Waals surface area contributed by atoms with Crippen LogP contribution in [-0.4, -0.2) is 62.5 Å². The molecule has 0 unspecified atom stereocenters. The summed E-state index contributed by atoms with van der Waals surface area (Å²) in [7, 11) is -3.55. The summed E-state index contributed by atoms with van der Waals surface area (Å²) in [5.41, 5.74) is 0. The highest BCUT2D eigenvalue weighted by Gasteiger charge is 2.26. The van der Waals surface area contributed by atoms with Gasteiger partial charge in [0, 0.05) is 25.8 Å². The van der Waals surface area contributed by atoms with Crippen LogP contribution in [-0.2, 0) is 19.6 Å². The SMILES string of the molecule is CCCNC(=O)[C@H](C)Nc1ccc(S(=O)(=O)N2CCOCC2)cn1. The minimum Gasteiger partial charge on any atom is -0.379 e. The summed E-state index contributed by atoms with van der Waals surface area (Å²) in [5.74, 6) is 0.332. The highest BCUT2D eigenvalue weighted by molar-refractivity contribution is 7.89. The molecule has 0 bridgehead atoms. The van der Waals surface area contributed by atoms with E-state index in [4.69, 9.17) is 4.74 Å². The molecule has 1 aromatic heterocycles. The van der Waals surface area contributed by atoms with Crippen molar-refractivity contribution in [3.63, 3.8) is 0 Å². The number of nitrogens with one attached hydrogen (secondary N) is 2. The van der Waals surface area contributed by atoms with Gasteiger partial charge in [0.25, 0.3) is 0 Å². The molecule has 1 atom stereocenters. The Morgan fingerprint density at radius 2 is 2.08 bits per heavy atom. The van der Waals surface area contributed by atoms with Crippen LogP contribution in [0.2, 0.25) is 0 Å². The Morgan fingerprint density at radius 1 is 1.38 bits per heavy atom. The lowest BCUT2D eigenvalue weighted by Gasteiger charge is -2.25. The van der Waals surface area contributed by atoms with E-state index in [1.807, 2.05) is 6.92 Å². The Morgan fingerprint density at radius 3 is 2.67 bits per heavy atom. The average Bonchev–Trinajstić information content (AvgIpc) is 2.60. The first-order valence-electron chi connectivity index (χ1n) is 8.03. The van der Waals surface area contributed by atoms with Crippen molar-refractivity contribution in [2.45, 2.75) is 31.2 Å². The van der Waals surface area contributed by atoms with Gasteiger partial charge in [0.1, 0.15) is 16.8 Å². The van der Waals surface area contributed by atoms with Crippen LogP contribution in [0.25, 0.3) is 0 Å². The molecule has 24 heavy (non-hydrogen) atoms. The largest absolute Gasteiger partial charge is 0.379 e. The normalized spacial score (nSPS) is 17.2. The monoisotopic (exact) mass is 356 g/mol. The molecule has 9 heteroatoms. The zero-order valence-electron chi connectivity index (χ0n) is 14.0. The third-order valence-corrected chi connectivity index (χ3v) is 5.53. The van der Waals surface area contributed by atoms with Crippen molar-refractivity contribution in [3.05, 3.63) is 18.3 Å². The number of hydrogen-bond donors (Lipinski definition) is 2. The number of rotatable bonds is 7. The Labute approximate surface area is 142 Å². The minimum atomic E-state index is -3.55. The summed E-state index contributed by atoms with van der Waals surface area (Å²) < 4.78 is 31.6. The van der Waals surface area contributed by atoms with E-state index in [1.54, 1.807) is 13.0 Å². The molecular weight excluding hydrogens is 332 g/mol. The molecule has 0 saturated carbocycles. The summed E-state index contributed by atoms with van der Waals surface area (Å²) in [6.45, 7) is 5.81. The van der Waals surface area contributed by atoms with Crippen molar-refractivity contribution in [1.29, 1.82) is 0 Å². The number of carbonyl (C=O) groups is 1. The van der Waals surface area contributed by atoms with Gasteiger partial charge < -0.3 is 15.4 Å². The molecule has 0 spiro atoms. The molecule has 1 saturated heterocycles. The first-order valence-corrected chi connectivity index (χ1v) is 9.47. The summed E-state index contributed by atoms with van der Waals surface area (Å²) in [6, 6.07) is 2.61. The zero-order chi connectivity index (χ0) is 17.6. The first-order chi connectivity index (χ1) is 11.4. The van der Waals surface area contributed by atoms with Crippen molar-refractivity contribution in [3.8, 4) is 0 Å². The number of amides is 1. The van der Waals surface area contributed by atoms with Crippen molar-refractivity contribution >= 4 is 21.7 Å². The van der Waals surface area contributed by atoms with E-state index < -0.39 is 16.1 Å². The van der Waals surface area contributed by atoms with E-state index in [9.17, 15) is 13.2 Å². The van der Waals surface area contributed by atoms with E-state index in [-0.39, 0.29) is 10.8 Å². The van der Waals surface area contributed by atoms with Gasteiger partial charge in [-0.2, -0.15) is 4.31 Å². The molecule has 1 aliphatic heterocycles. The van der Waals surface area contributed by atoms with Crippen LogP contribution in [0.4, 0.5) is 5.82 Å². The molecule has 0 aromatic carbocycles. The lowest BCUT2D eigenvalue weighted by atomic mass is 10.3. The predicted molar refractivity (Wildman–Crippen MR) is 90.2 cm³/mol. The third kappa shape index (κ3) is 4.65. The summed E-state index contributed by atoms with van der Waals surface area (Å²) in [6.07, 6.45) is 2.18. The number of anilines is 1. The van der Waals surface area contributed by atoms with Crippen LogP contribution >= 0.6 is 0 Å². The van der Waals surface area contributed by atoms with Crippen LogP contribution in [0, 0.1) is 0 Å². The van der Waals surface area contributed by atoms with Crippen molar-refractivity contribution in [1.82, 2.24) is 14.6 Å². The highest BCUT2D eigenvalue weighted by atomic mass is 32.2. The maximum Gasteiger partial charge on any atom is 0.244 e. The van der Waals surface area contributed by atoms with Crippen molar-refractivity contribution in [2.75, 3.05) is 38.2 Å². The van der Waals surface area contributed by atoms with Crippen LogP contribution in [0.1, 0.15) is 20.3 Å². The molecular formula is C15H24N4O4S. The molecule has 1 fully saturated rings. The van der Waals surface area contributed by atoms with E-state index in [2.05, 4.69) is 15.6 Å². The maximum atomic E-state index is 12.5. The molecule has 8 nitrogen and oxygen atoms in total. The Kier molecular flexibility index (Phi) is 6.52. The summed E-state index contributed by atoms with van der Waals surface area (Å²) in [4.78, 5) is 16.1. The Bertz CT molecular complexity index is 642. The number of ether oxygens (including phenoxy) is 1. The van der Waals surface area contributed by atoms with E-state index in [1.165, 1.54) is 16.6 Å². The molecule has 1 amide bonds. The predicted octanol–water partition coefficient (Wildman–Crippen LogP) is 0.429. The van der Waals surface area contributed by atoms with Gasteiger partial charge >= 0.3 is 0 Å². The quantitative estimate of drug-likeness (QED) is 0.735. The standard InChI is InChI=1S/C15H24N4O4S/c1-3-6-16-15(20)12(2)18-14-5-4-13(11-17-14)24(21,22)19-7-9-23-10-8-19/h4-5,11-12H,3,6-10H2,1-2H3,(H,16,20)(H,17,18)/t12-/m0/s1. The van der Waals surface area contributed by atoms with Crippen molar-refractivity contribution < 1.29 is 17.9 Å². The summed E-state index contributed by atoms with van der Waals surface area (Å²) >= 11 is 0.